The van der Waals surface area contributed by atoms with E-state index in [0.717, 1.165) is 12.2 Å². The van der Waals surface area contributed by atoms with Crippen molar-refractivity contribution in [1.82, 2.24) is 19.5 Å². The first-order valence-electron chi connectivity index (χ1n) is 5.13. The van der Waals surface area contributed by atoms with Crippen LogP contribution < -0.4 is 0 Å². The summed E-state index contributed by atoms with van der Waals surface area (Å²) < 4.78 is 3.86. The van der Waals surface area contributed by atoms with E-state index >= 15 is 0 Å². The minimum absolute atomic E-state index is 0.352. The maximum atomic E-state index is 4.05. The van der Waals surface area contributed by atoms with Crippen molar-refractivity contribution in [2.45, 2.75) is 19.5 Å². The molecule has 84 valence electrons. The van der Waals surface area contributed by atoms with Crippen LogP contribution in [0.5, 0.6) is 0 Å². The summed E-state index contributed by atoms with van der Waals surface area (Å²) in [7, 11) is 2.09. The van der Waals surface area contributed by atoms with E-state index in [1.54, 1.807) is 0 Å². The summed E-state index contributed by atoms with van der Waals surface area (Å²) in [6.45, 7) is 3.00. The molecular formula is C11H14N4S. The Balaban J connectivity index is 2.02. The molecule has 0 saturated heterocycles. The highest BCUT2D eigenvalue weighted by Crippen LogP contribution is 2.19. The predicted molar refractivity (Wildman–Crippen MR) is 64.0 cm³/mol. The van der Waals surface area contributed by atoms with Crippen LogP contribution in [0.1, 0.15) is 24.2 Å². The molecule has 5 heteroatoms. The van der Waals surface area contributed by atoms with Gasteiger partial charge in [0.2, 0.25) is 0 Å². The molecule has 16 heavy (non-hydrogen) atoms. The van der Waals surface area contributed by atoms with Crippen LogP contribution in [0.25, 0.3) is 0 Å². The zero-order valence-electron chi connectivity index (χ0n) is 9.37. The maximum absolute atomic E-state index is 4.05. The first-order valence-corrected chi connectivity index (χ1v) is 5.97. The molecule has 4 nitrogen and oxygen atoms in total. The average molecular weight is 234 g/mol. The van der Waals surface area contributed by atoms with Crippen LogP contribution in [0.4, 0.5) is 0 Å². The molecule has 2 aromatic rings. The molecule has 0 spiro atoms. The van der Waals surface area contributed by atoms with Gasteiger partial charge < -0.3 is 0 Å². The molecule has 0 aliphatic rings. The van der Waals surface area contributed by atoms with Gasteiger partial charge in [0.15, 0.2) is 0 Å². The third-order valence-electron chi connectivity index (χ3n) is 2.67. The Morgan fingerprint density at radius 1 is 1.38 bits per heavy atom. The minimum Gasteiger partial charge on any atom is -0.294 e. The van der Waals surface area contributed by atoms with E-state index in [-0.39, 0.29) is 0 Å². The van der Waals surface area contributed by atoms with Gasteiger partial charge in [-0.2, -0.15) is 0 Å². The maximum Gasteiger partial charge on any atom is 0.0895 e. The van der Waals surface area contributed by atoms with E-state index in [2.05, 4.69) is 33.4 Å². The molecule has 0 aromatic carbocycles. The lowest BCUT2D eigenvalue weighted by molar-refractivity contribution is 0.250. The Kier molecular flexibility index (Phi) is 3.58. The molecule has 2 aromatic heterocycles. The van der Waals surface area contributed by atoms with E-state index in [4.69, 9.17) is 0 Å². The number of hydrogen-bond donors (Lipinski definition) is 0. The lowest BCUT2D eigenvalue weighted by atomic mass is 10.1. The van der Waals surface area contributed by atoms with Crippen LogP contribution in [0.2, 0.25) is 0 Å². The fourth-order valence-electron chi connectivity index (χ4n) is 1.54. The standard InChI is InChI=1S/C11H14N4S/c1-9(10-3-5-12-6-4-10)15(2)7-11-8-16-14-13-11/h3-6,8-9H,7H2,1-2H3/t9-/m1/s1. The van der Waals surface area contributed by atoms with Gasteiger partial charge in [-0.1, -0.05) is 4.49 Å². The Morgan fingerprint density at radius 2 is 2.12 bits per heavy atom. The molecule has 0 N–H and O–H groups in total. The summed E-state index contributed by atoms with van der Waals surface area (Å²) in [5.41, 5.74) is 2.29. The van der Waals surface area contributed by atoms with Gasteiger partial charge in [0.25, 0.3) is 0 Å². The van der Waals surface area contributed by atoms with E-state index in [9.17, 15) is 0 Å². The Morgan fingerprint density at radius 3 is 2.75 bits per heavy atom. The predicted octanol–water partition coefficient (Wildman–Crippen LogP) is 2.13. The van der Waals surface area contributed by atoms with Gasteiger partial charge >= 0.3 is 0 Å². The number of aromatic nitrogens is 3. The normalized spacial score (nSPS) is 12.9. The topological polar surface area (TPSA) is 41.9 Å². The van der Waals surface area contributed by atoms with Crippen molar-refractivity contribution in [3.05, 3.63) is 41.2 Å². The fraction of sp³-hybridized carbons (Fsp3) is 0.364. The second kappa shape index (κ2) is 5.14. The first-order chi connectivity index (χ1) is 7.77. The molecule has 1 atom stereocenters. The molecule has 0 aliphatic heterocycles. The van der Waals surface area contributed by atoms with Crippen molar-refractivity contribution in [2.24, 2.45) is 0 Å². The van der Waals surface area contributed by atoms with Gasteiger partial charge in [0.1, 0.15) is 0 Å². The average Bonchev–Trinajstić information content (AvgIpc) is 2.82. The highest BCUT2D eigenvalue weighted by molar-refractivity contribution is 7.03. The Bertz CT molecular complexity index is 415. The Labute approximate surface area is 99.1 Å². The van der Waals surface area contributed by atoms with Crippen molar-refractivity contribution in [1.29, 1.82) is 0 Å². The van der Waals surface area contributed by atoms with Crippen molar-refractivity contribution in [2.75, 3.05) is 7.05 Å². The summed E-state index contributed by atoms with van der Waals surface area (Å²) in [4.78, 5) is 6.27. The third-order valence-corrected chi connectivity index (χ3v) is 3.22. The van der Waals surface area contributed by atoms with Crippen molar-refractivity contribution < 1.29 is 0 Å². The second-order valence-corrected chi connectivity index (χ2v) is 4.38. The lowest BCUT2D eigenvalue weighted by Crippen LogP contribution is -2.22. The second-order valence-electron chi connectivity index (χ2n) is 3.77. The molecule has 0 fully saturated rings. The van der Waals surface area contributed by atoms with Gasteiger partial charge in [0.05, 0.1) is 5.69 Å². The summed E-state index contributed by atoms with van der Waals surface area (Å²) >= 11 is 1.39. The summed E-state index contributed by atoms with van der Waals surface area (Å²) in [6, 6.07) is 4.44. The van der Waals surface area contributed by atoms with Gasteiger partial charge in [0, 0.05) is 30.4 Å². The number of hydrogen-bond acceptors (Lipinski definition) is 5. The van der Waals surface area contributed by atoms with Crippen LogP contribution in [0, 0.1) is 0 Å². The van der Waals surface area contributed by atoms with Crippen molar-refractivity contribution >= 4 is 11.5 Å². The highest BCUT2D eigenvalue weighted by Gasteiger charge is 2.12. The van der Waals surface area contributed by atoms with Crippen molar-refractivity contribution in [3.63, 3.8) is 0 Å². The van der Waals surface area contributed by atoms with E-state index in [1.807, 2.05) is 29.9 Å². The zero-order valence-corrected chi connectivity index (χ0v) is 10.2. The summed E-state index contributed by atoms with van der Waals surface area (Å²) in [6.07, 6.45) is 3.65. The molecule has 2 heterocycles. The largest absolute Gasteiger partial charge is 0.294 e. The molecule has 0 saturated carbocycles. The molecule has 0 bridgehead atoms. The van der Waals surface area contributed by atoms with Gasteiger partial charge in [-0.25, -0.2) is 0 Å². The highest BCUT2D eigenvalue weighted by atomic mass is 32.1. The smallest absolute Gasteiger partial charge is 0.0895 e. The summed E-state index contributed by atoms with van der Waals surface area (Å²) in [5, 5.41) is 6.03. The number of nitrogens with zero attached hydrogens (tertiary/aromatic N) is 4. The van der Waals surface area contributed by atoms with E-state index in [0.29, 0.717) is 6.04 Å². The van der Waals surface area contributed by atoms with Gasteiger partial charge in [-0.15, -0.1) is 5.10 Å². The SMILES string of the molecule is C[C@H](c1ccncc1)N(C)Cc1csnn1. The van der Waals surface area contributed by atoms with Crippen LogP contribution in [-0.4, -0.2) is 26.5 Å². The van der Waals surface area contributed by atoms with Crippen LogP contribution >= 0.6 is 11.5 Å². The third kappa shape index (κ3) is 2.62. The number of pyridine rings is 1. The lowest BCUT2D eigenvalue weighted by Gasteiger charge is -2.23. The zero-order chi connectivity index (χ0) is 11.4. The molecule has 2 rings (SSSR count). The fourth-order valence-corrected chi connectivity index (χ4v) is 1.98. The number of rotatable bonds is 4. The molecule has 0 unspecified atom stereocenters. The van der Waals surface area contributed by atoms with E-state index < -0.39 is 0 Å². The van der Waals surface area contributed by atoms with Crippen molar-refractivity contribution in [3.8, 4) is 0 Å². The quantitative estimate of drug-likeness (QED) is 0.812. The van der Waals surface area contributed by atoms with Gasteiger partial charge in [-0.3, -0.25) is 9.88 Å². The van der Waals surface area contributed by atoms with Gasteiger partial charge in [-0.05, 0) is 43.2 Å². The summed E-state index contributed by atoms with van der Waals surface area (Å²) in [5.74, 6) is 0. The molecule has 0 radical (unpaired) electrons. The van der Waals surface area contributed by atoms with Crippen LogP contribution in [-0.2, 0) is 6.54 Å². The Hall–Kier alpha value is -1.33. The molecule has 0 aliphatic carbocycles. The first kappa shape index (κ1) is 11.2. The van der Waals surface area contributed by atoms with E-state index in [1.165, 1.54) is 17.1 Å². The molecular weight excluding hydrogens is 220 g/mol. The minimum atomic E-state index is 0.352. The molecule has 0 amide bonds. The van der Waals surface area contributed by atoms with Crippen LogP contribution in [0.15, 0.2) is 29.9 Å². The monoisotopic (exact) mass is 234 g/mol. The van der Waals surface area contributed by atoms with Crippen LogP contribution in [0.3, 0.4) is 0 Å².